The lowest BCUT2D eigenvalue weighted by Crippen LogP contribution is -2.45. The molecule has 0 bridgehead atoms. The van der Waals surface area contributed by atoms with Crippen molar-refractivity contribution in [2.75, 3.05) is 25.2 Å². The summed E-state index contributed by atoms with van der Waals surface area (Å²) >= 11 is 0. The molecule has 1 unspecified atom stereocenters. The summed E-state index contributed by atoms with van der Waals surface area (Å²) < 4.78 is 51.7. The molecule has 1 saturated carbocycles. The van der Waals surface area contributed by atoms with Crippen LogP contribution in [0.4, 0.5) is 16.2 Å². The molecule has 2 saturated heterocycles. The summed E-state index contributed by atoms with van der Waals surface area (Å²) in [5.74, 6) is 0.801. The molecule has 5 rings (SSSR count). The largest absolute Gasteiger partial charge is 0.475 e. The van der Waals surface area contributed by atoms with E-state index >= 15 is 4.39 Å². The lowest BCUT2D eigenvalue weighted by molar-refractivity contribution is -0.0694. The Morgan fingerprint density at radius 2 is 2.00 bits per heavy atom. The van der Waals surface area contributed by atoms with Crippen LogP contribution in [0.15, 0.2) is 0 Å². The van der Waals surface area contributed by atoms with Crippen molar-refractivity contribution in [3.63, 3.8) is 0 Å². The fraction of sp³-hybridized carbons (Fsp3) is 0.706. The van der Waals surface area contributed by atoms with Crippen LogP contribution in [0.25, 0.3) is 11.2 Å². The number of hydrogen-bond acceptors (Lipinski definition) is 10. The average Bonchev–Trinajstić information content (AvgIpc) is 3.39. The lowest BCUT2D eigenvalue weighted by atomic mass is 9.98. The Balaban J connectivity index is 1.65. The van der Waals surface area contributed by atoms with Gasteiger partial charge >= 0.3 is 7.82 Å². The molecule has 0 aromatic carbocycles. The fourth-order valence-corrected chi connectivity index (χ4v) is 5.85. The van der Waals surface area contributed by atoms with Crippen LogP contribution in [0.5, 0.6) is 0 Å². The molecule has 2 aromatic rings. The number of phosphoric ester groups is 1. The van der Waals surface area contributed by atoms with E-state index in [9.17, 15) is 4.57 Å². The number of aromatic nitrogens is 4. The number of rotatable bonds is 3. The second-order valence-electron chi connectivity index (χ2n) is 8.09. The third-order valence-electron chi connectivity index (χ3n) is 6.11. The Morgan fingerprint density at radius 1 is 1.27 bits per heavy atom. The number of anilines is 2. The van der Waals surface area contributed by atoms with Crippen molar-refractivity contribution in [2.45, 2.75) is 62.6 Å². The number of ether oxygens (including phenoxy) is 1. The molecule has 164 valence electrons. The molecule has 5 atom stereocenters. The Labute approximate surface area is 171 Å². The number of phosphoric acid groups is 1. The summed E-state index contributed by atoms with van der Waals surface area (Å²) in [6, 6.07) is 0. The number of fused-ring (bicyclic) bond motifs is 2. The number of nitrogens with two attached hydrogens (primary N) is 2. The molecule has 0 amide bonds. The van der Waals surface area contributed by atoms with Gasteiger partial charge in [-0.05, 0) is 19.8 Å². The van der Waals surface area contributed by atoms with Crippen LogP contribution >= 0.6 is 7.82 Å². The fourth-order valence-electron chi connectivity index (χ4n) is 4.65. The summed E-state index contributed by atoms with van der Waals surface area (Å²) in [4.78, 5) is 12.9. The Hall–Kier alpha value is -1.85. The summed E-state index contributed by atoms with van der Waals surface area (Å²) in [5.41, 5.74) is 10.4. The number of nitrogen functional groups attached to an aromatic ring is 2. The van der Waals surface area contributed by atoms with Crippen LogP contribution in [-0.4, -0.2) is 51.1 Å². The second-order valence-corrected chi connectivity index (χ2v) is 9.82. The molecule has 0 spiro atoms. The maximum absolute atomic E-state index is 16.2. The third kappa shape index (κ3) is 2.93. The second kappa shape index (κ2) is 6.83. The molecule has 3 fully saturated rings. The van der Waals surface area contributed by atoms with Crippen LogP contribution in [0.2, 0.25) is 0 Å². The molecule has 2 aromatic heterocycles. The van der Waals surface area contributed by atoms with Gasteiger partial charge in [-0.2, -0.15) is 9.97 Å². The van der Waals surface area contributed by atoms with Crippen molar-refractivity contribution in [3.8, 4) is 0 Å². The van der Waals surface area contributed by atoms with Crippen molar-refractivity contribution in [1.29, 1.82) is 0 Å². The van der Waals surface area contributed by atoms with Crippen molar-refractivity contribution in [1.82, 2.24) is 19.5 Å². The SMILES string of the molecule is COP1(=O)OC[C@H]2O[C@@H](n3c(C4CCCC4)nc4c(N)nc(N)nc43)[C@](C)(F)[C@@H]2O1. The van der Waals surface area contributed by atoms with Crippen LogP contribution in [-0.2, 0) is 22.9 Å². The van der Waals surface area contributed by atoms with Gasteiger partial charge in [-0.3, -0.25) is 18.1 Å². The Morgan fingerprint density at radius 3 is 2.70 bits per heavy atom. The van der Waals surface area contributed by atoms with Gasteiger partial charge < -0.3 is 16.2 Å². The maximum atomic E-state index is 16.2. The minimum atomic E-state index is -3.85. The van der Waals surface area contributed by atoms with E-state index in [0.717, 1.165) is 25.7 Å². The smallest absolute Gasteiger partial charge is 0.382 e. The zero-order valence-corrected chi connectivity index (χ0v) is 17.5. The number of imidazole rings is 1. The third-order valence-corrected chi connectivity index (χ3v) is 7.51. The van der Waals surface area contributed by atoms with Gasteiger partial charge in [-0.25, -0.2) is 13.9 Å². The van der Waals surface area contributed by atoms with E-state index in [1.807, 2.05) is 0 Å². The molecular formula is C17H24FN6O5P. The lowest BCUT2D eigenvalue weighted by Gasteiger charge is -2.33. The zero-order valence-electron chi connectivity index (χ0n) is 16.7. The normalized spacial score (nSPS) is 37.1. The predicted molar refractivity (Wildman–Crippen MR) is 104 cm³/mol. The summed E-state index contributed by atoms with van der Waals surface area (Å²) in [5, 5.41) is 0. The van der Waals surface area contributed by atoms with Crippen molar-refractivity contribution >= 4 is 30.8 Å². The first-order valence-electron chi connectivity index (χ1n) is 9.87. The highest BCUT2D eigenvalue weighted by atomic mass is 31.2. The molecule has 30 heavy (non-hydrogen) atoms. The number of hydrogen-bond donors (Lipinski definition) is 2. The van der Waals surface area contributed by atoms with E-state index in [1.165, 1.54) is 14.0 Å². The summed E-state index contributed by atoms with van der Waals surface area (Å²) in [7, 11) is -2.67. The molecule has 2 aliphatic heterocycles. The maximum Gasteiger partial charge on any atom is 0.475 e. The molecule has 4 N–H and O–H groups in total. The van der Waals surface area contributed by atoms with Crippen molar-refractivity contribution in [2.24, 2.45) is 0 Å². The van der Waals surface area contributed by atoms with Gasteiger partial charge in [0.2, 0.25) is 5.95 Å². The average molecular weight is 442 g/mol. The van der Waals surface area contributed by atoms with Crippen molar-refractivity contribution < 1.29 is 27.3 Å². The van der Waals surface area contributed by atoms with Crippen LogP contribution < -0.4 is 11.5 Å². The first kappa shape index (κ1) is 20.1. The highest BCUT2D eigenvalue weighted by Gasteiger charge is 2.62. The van der Waals surface area contributed by atoms with Crippen LogP contribution in [0.1, 0.15) is 50.6 Å². The summed E-state index contributed by atoms with van der Waals surface area (Å²) in [6.07, 6.45) is 0.818. The van der Waals surface area contributed by atoms with Gasteiger partial charge in [-0.15, -0.1) is 0 Å². The highest BCUT2D eigenvalue weighted by molar-refractivity contribution is 7.48. The molecule has 1 aliphatic carbocycles. The number of alkyl halides is 1. The predicted octanol–water partition coefficient (Wildman–Crippen LogP) is 2.44. The molecule has 13 heteroatoms. The standard InChI is InChI=1S/C17H24FN6O5P/c1-17(18)11-9(7-27-30(25,26-2)29-11)28-15(17)24-13(8-5-3-4-6-8)21-10-12(19)22-16(20)23-14(10)24/h8-9,11,15H,3-7H2,1-2H3,(H4,19,20,22,23)/t9-,11-,15-,17-,30?/m1/s1. The molecule has 3 aliphatic rings. The Bertz CT molecular complexity index is 1040. The van der Waals surface area contributed by atoms with Gasteiger partial charge in [0, 0.05) is 13.0 Å². The van der Waals surface area contributed by atoms with E-state index in [0.29, 0.717) is 17.0 Å². The van der Waals surface area contributed by atoms with Crippen molar-refractivity contribution in [3.05, 3.63) is 5.82 Å². The molecule has 4 heterocycles. The topological polar surface area (TPSA) is 150 Å². The van der Waals surface area contributed by atoms with Gasteiger partial charge in [0.15, 0.2) is 28.9 Å². The molecular weight excluding hydrogens is 418 g/mol. The van der Waals surface area contributed by atoms with E-state index in [1.54, 1.807) is 4.57 Å². The van der Waals surface area contributed by atoms with E-state index in [-0.39, 0.29) is 24.3 Å². The minimum Gasteiger partial charge on any atom is -0.382 e. The molecule has 0 radical (unpaired) electrons. The van der Waals surface area contributed by atoms with E-state index < -0.39 is 31.9 Å². The minimum absolute atomic E-state index is 0.0430. The van der Waals surface area contributed by atoms with E-state index in [4.69, 9.17) is 29.8 Å². The Kier molecular flexibility index (Phi) is 4.57. The van der Waals surface area contributed by atoms with Crippen LogP contribution in [0, 0.1) is 0 Å². The highest BCUT2D eigenvalue weighted by Crippen LogP contribution is 2.59. The van der Waals surface area contributed by atoms with Gasteiger partial charge in [0.25, 0.3) is 0 Å². The zero-order chi connectivity index (χ0) is 21.3. The monoisotopic (exact) mass is 442 g/mol. The van der Waals surface area contributed by atoms with Gasteiger partial charge in [0.05, 0.1) is 6.61 Å². The number of nitrogens with zero attached hydrogens (tertiary/aromatic N) is 4. The quantitative estimate of drug-likeness (QED) is 0.679. The van der Waals surface area contributed by atoms with Gasteiger partial charge in [0.1, 0.15) is 18.0 Å². The van der Waals surface area contributed by atoms with E-state index in [2.05, 4.69) is 15.0 Å². The first-order valence-corrected chi connectivity index (χ1v) is 11.3. The molecule has 11 nitrogen and oxygen atoms in total. The van der Waals surface area contributed by atoms with Gasteiger partial charge in [-0.1, -0.05) is 12.8 Å². The first-order chi connectivity index (χ1) is 14.2. The summed E-state index contributed by atoms with van der Waals surface area (Å²) in [6.45, 7) is 1.21. The van der Waals surface area contributed by atoms with Crippen LogP contribution in [0.3, 0.4) is 0 Å². The number of halogens is 1.